The van der Waals surface area contributed by atoms with Crippen molar-refractivity contribution >= 4 is 35.1 Å². The third-order valence-electron chi connectivity index (χ3n) is 5.32. The standard InChI is InChI=1S/C23H26N8O5/c1-25-22(33)19-17(10-18(29-30-19)28-21(32)13-6-7-13)27-16-5-3-4-15(20(16)35-2)14-11-26-31(12-14)8-9-36-23(24)34/h3-5,10-13H,6-9H2,1-2H3,(H2,24,34)(H,25,33)(H2,27,28,29,32)/i1D3. The lowest BCUT2D eigenvalue weighted by Crippen LogP contribution is -2.22. The minimum Gasteiger partial charge on any atom is -0.494 e. The SMILES string of the molecule is [2H]C([2H])([2H])NC(=O)c1nnc(NC(=O)C2CC2)cc1Nc1cccc(-c2cnn(CCOC(N)=O)c2)c1OC. The van der Waals surface area contributed by atoms with Crippen LogP contribution in [0.3, 0.4) is 0 Å². The number of rotatable bonds is 10. The van der Waals surface area contributed by atoms with Crippen LogP contribution >= 0.6 is 0 Å². The van der Waals surface area contributed by atoms with Gasteiger partial charge in [0, 0.05) is 40.4 Å². The molecule has 0 spiro atoms. The second kappa shape index (κ2) is 10.7. The van der Waals surface area contributed by atoms with Crippen LogP contribution in [0.15, 0.2) is 36.7 Å². The molecule has 4 rings (SSSR count). The van der Waals surface area contributed by atoms with E-state index in [9.17, 15) is 14.4 Å². The molecule has 0 unspecified atom stereocenters. The van der Waals surface area contributed by atoms with Gasteiger partial charge in [-0.05, 0) is 18.9 Å². The second-order valence-corrected chi connectivity index (χ2v) is 7.88. The molecule has 13 heteroatoms. The Morgan fingerprint density at radius 3 is 2.81 bits per heavy atom. The maximum Gasteiger partial charge on any atom is 0.404 e. The number of carbonyl (C=O) groups excluding carboxylic acids is 3. The number of amides is 3. The molecule has 3 amide bonds. The lowest BCUT2D eigenvalue weighted by atomic mass is 10.1. The monoisotopic (exact) mass is 497 g/mol. The molecule has 1 aliphatic rings. The molecule has 3 aromatic rings. The number of nitrogens with zero attached hydrogens (tertiary/aromatic N) is 4. The van der Waals surface area contributed by atoms with Gasteiger partial charge in [-0.3, -0.25) is 14.3 Å². The van der Waals surface area contributed by atoms with Crippen molar-refractivity contribution in [1.29, 1.82) is 0 Å². The minimum absolute atomic E-state index is 0.0466. The summed E-state index contributed by atoms with van der Waals surface area (Å²) in [5.41, 5.74) is 6.51. The fourth-order valence-corrected chi connectivity index (χ4v) is 3.44. The Morgan fingerprint density at radius 2 is 2.08 bits per heavy atom. The molecule has 36 heavy (non-hydrogen) atoms. The minimum atomic E-state index is -2.75. The Kier molecular flexibility index (Phi) is 6.15. The molecule has 1 aromatic carbocycles. The second-order valence-electron chi connectivity index (χ2n) is 7.88. The van der Waals surface area contributed by atoms with Crippen molar-refractivity contribution in [3.63, 3.8) is 0 Å². The summed E-state index contributed by atoms with van der Waals surface area (Å²) < 4.78 is 34.0. The Balaban J connectivity index is 1.65. The quantitative estimate of drug-likeness (QED) is 0.326. The van der Waals surface area contributed by atoms with Crippen molar-refractivity contribution in [1.82, 2.24) is 25.3 Å². The predicted octanol–water partition coefficient (Wildman–Crippen LogP) is 1.90. The topological polar surface area (TPSA) is 175 Å². The Labute approximate surface area is 210 Å². The number of anilines is 3. The van der Waals surface area contributed by atoms with Crippen LogP contribution in [0, 0.1) is 5.92 Å². The summed E-state index contributed by atoms with van der Waals surface area (Å²) in [6, 6.07) is 6.60. The van der Waals surface area contributed by atoms with Gasteiger partial charge >= 0.3 is 6.09 Å². The van der Waals surface area contributed by atoms with Crippen LogP contribution in [0.4, 0.5) is 22.0 Å². The van der Waals surface area contributed by atoms with Crippen molar-refractivity contribution in [3.05, 3.63) is 42.4 Å². The van der Waals surface area contributed by atoms with Crippen molar-refractivity contribution in [2.75, 3.05) is 31.3 Å². The van der Waals surface area contributed by atoms with E-state index < -0.39 is 19.0 Å². The number of benzene rings is 1. The first-order valence-electron chi connectivity index (χ1n) is 12.4. The highest BCUT2D eigenvalue weighted by molar-refractivity contribution is 6.00. The maximum absolute atomic E-state index is 12.7. The van der Waals surface area contributed by atoms with E-state index in [2.05, 4.69) is 25.9 Å². The molecule has 2 heterocycles. The third kappa shape index (κ3) is 5.68. The van der Waals surface area contributed by atoms with Gasteiger partial charge in [0.15, 0.2) is 11.5 Å². The first kappa shape index (κ1) is 20.7. The molecule has 1 fully saturated rings. The third-order valence-corrected chi connectivity index (χ3v) is 5.32. The molecule has 13 nitrogen and oxygen atoms in total. The summed E-state index contributed by atoms with van der Waals surface area (Å²) in [4.78, 5) is 35.7. The lowest BCUT2D eigenvalue weighted by Gasteiger charge is -2.16. The Morgan fingerprint density at radius 1 is 1.25 bits per heavy atom. The summed E-state index contributed by atoms with van der Waals surface area (Å²) in [5, 5.41) is 19.6. The van der Waals surface area contributed by atoms with Crippen LogP contribution in [0.5, 0.6) is 5.75 Å². The summed E-state index contributed by atoms with van der Waals surface area (Å²) in [6.07, 6.45) is 4.00. The smallest absolute Gasteiger partial charge is 0.404 e. The highest BCUT2D eigenvalue weighted by Gasteiger charge is 2.30. The van der Waals surface area contributed by atoms with Crippen LogP contribution < -0.4 is 26.4 Å². The molecule has 0 aliphatic heterocycles. The van der Waals surface area contributed by atoms with E-state index in [1.807, 2.05) is 5.32 Å². The van der Waals surface area contributed by atoms with Gasteiger partial charge < -0.3 is 31.2 Å². The van der Waals surface area contributed by atoms with E-state index in [1.165, 1.54) is 13.2 Å². The van der Waals surface area contributed by atoms with E-state index in [1.54, 1.807) is 35.3 Å². The average molecular weight is 498 g/mol. The molecule has 1 aliphatic carbocycles. The predicted molar refractivity (Wildman–Crippen MR) is 130 cm³/mol. The zero-order valence-electron chi connectivity index (χ0n) is 22.3. The molecule has 0 atom stereocenters. The van der Waals surface area contributed by atoms with E-state index >= 15 is 0 Å². The average Bonchev–Trinajstić information content (AvgIpc) is 3.61. The molecule has 0 saturated heterocycles. The van der Waals surface area contributed by atoms with Crippen LogP contribution in [0.2, 0.25) is 0 Å². The van der Waals surface area contributed by atoms with Crippen molar-refractivity contribution in [3.8, 4) is 16.9 Å². The van der Waals surface area contributed by atoms with Gasteiger partial charge in [0.2, 0.25) is 5.91 Å². The number of methoxy groups -OCH3 is 1. The van der Waals surface area contributed by atoms with Gasteiger partial charge in [-0.1, -0.05) is 12.1 Å². The Hall–Kier alpha value is -4.68. The van der Waals surface area contributed by atoms with Gasteiger partial charge in [-0.15, -0.1) is 10.2 Å². The van der Waals surface area contributed by atoms with E-state index in [0.717, 1.165) is 12.8 Å². The number of hydrogen-bond donors (Lipinski definition) is 4. The number of ether oxygens (including phenoxy) is 2. The van der Waals surface area contributed by atoms with E-state index in [-0.39, 0.29) is 42.2 Å². The zero-order chi connectivity index (χ0) is 28.2. The van der Waals surface area contributed by atoms with Crippen LogP contribution in [0.1, 0.15) is 27.4 Å². The van der Waals surface area contributed by atoms with Gasteiger partial charge in [-0.25, -0.2) is 4.79 Å². The number of carbonyl (C=O) groups is 3. The largest absolute Gasteiger partial charge is 0.494 e. The first-order chi connectivity index (χ1) is 18.5. The number of para-hydroxylation sites is 1. The van der Waals surface area contributed by atoms with E-state index in [0.29, 0.717) is 22.6 Å². The van der Waals surface area contributed by atoms with Crippen molar-refractivity contribution in [2.24, 2.45) is 11.7 Å². The summed E-state index contributed by atoms with van der Waals surface area (Å²) in [6.45, 7) is -2.43. The molecule has 0 radical (unpaired) electrons. The molecule has 1 saturated carbocycles. The van der Waals surface area contributed by atoms with Crippen LogP contribution in [0.25, 0.3) is 11.1 Å². The summed E-state index contributed by atoms with van der Waals surface area (Å²) in [5.74, 6) is -0.823. The highest BCUT2D eigenvalue weighted by atomic mass is 16.5. The summed E-state index contributed by atoms with van der Waals surface area (Å²) in [7, 11) is 1.46. The van der Waals surface area contributed by atoms with Crippen LogP contribution in [-0.4, -0.2) is 58.6 Å². The fraction of sp³-hybridized carbons (Fsp3) is 0.304. The molecule has 5 N–H and O–H groups in total. The molecular weight excluding hydrogens is 468 g/mol. The number of primary amides is 1. The number of nitrogens with two attached hydrogens (primary N) is 1. The molecule has 188 valence electrons. The fourth-order valence-electron chi connectivity index (χ4n) is 3.44. The van der Waals surface area contributed by atoms with E-state index in [4.69, 9.17) is 19.3 Å². The zero-order valence-corrected chi connectivity index (χ0v) is 19.3. The number of hydrogen-bond acceptors (Lipinski definition) is 9. The molecule has 0 bridgehead atoms. The molecular formula is C23H26N8O5. The number of aromatic nitrogens is 4. The molecule has 2 aromatic heterocycles. The van der Waals surface area contributed by atoms with Crippen molar-refractivity contribution in [2.45, 2.75) is 19.4 Å². The van der Waals surface area contributed by atoms with Gasteiger partial charge in [0.25, 0.3) is 5.91 Å². The Bertz CT molecular complexity index is 1390. The summed E-state index contributed by atoms with van der Waals surface area (Å²) >= 11 is 0. The highest BCUT2D eigenvalue weighted by Crippen LogP contribution is 2.38. The van der Waals surface area contributed by atoms with Crippen molar-refractivity contribution < 1.29 is 28.0 Å². The van der Waals surface area contributed by atoms with Gasteiger partial charge in [0.1, 0.15) is 12.4 Å². The van der Waals surface area contributed by atoms with Gasteiger partial charge in [-0.2, -0.15) is 5.10 Å². The normalized spacial score (nSPS) is 14.1. The first-order valence-corrected chi connectivity index (χ1v) is 10.9. The van der Waals surface area contributed by atoms with Gasteiger partial charge in [0.05, 0.1) is 31.2 Å². The number of nitrogens with one attached hydrogen (secondary N) is 3. The lowest BCUT2D eigenvalue weighted by molar-refractivity contribution is -0.117. The van der Waals surface area contributed by atoms with Crippen LogP contribution in [-0.2, 0) is 16.1 Å². The maximum atomic E-state index is 12.7.